The van der Waals surface area contributed by atoms with Crippen LogP contribution in [-0.2, 0) is 6.54 Å². The highest BCUT2D eigenvalue weighted by Crippen LogP contribution is 2.29. The molecule has 3 N–H and O–H groups in total. The molecule has 9 heteroatoms. The van der Waals surface area contributed by atoms with E-state index in [-0.39, 0.29) is 17.7 Å². The number of methoxy groups -OCH3 is 1. The number of aromatic nitrogens is 1. The summed E-state index contributed by atoms with van der Waals surface area (Å²) in [6.45, 7) is 3.35. The summed E-state index contributed by atoms with van der Waals surface area (Å²) in [6.07, 6.45) is 3.41. The van der Waals surface area contributed by atoms with Crippen molar-refractivity contribution in [2.45, 2.75) is 13.5 Å². The van der Waals surface area contributed by atoms with E-state index >= 15 is 0 Å². The number of carbonyl (C=O) groups is 3. The summed E-state index contributed by atoms with van der Waals surface area (Å²) < 4.78 is 5.52. The Morgan fingerprint density at radius 2 is 1.47 bits per heavy atom. The lowest BCUT2D eigenvalue weighted by atomic mass is 9.99. The smallest absolute Gasteiger partial charge is 0.259 e. The molecule has 0 unspecified atom stereocenters. The third kappa shape index (κ3) is 8.61. The van der Waals surface area contributed by atoms with Gasteiger partial charge >= 0.3 is 0 Å². The lowest BCUT2D eigenvalue weighted by molar-refractivity contribution is 0.0784. The Morgan fingerprint density at radius 3 is 2.26 bits per heavy atom. The van der Waals surface area contributed by atoms with Crippen LogP contribution in [0, 0.1) is 6.92 Å². The van der Waals surface area contributed by atoms with Crippen molar-refractivity contribution in [1.82, 2.24) is 15.2 Å². The lowest BCUT2D eigenvalue weighted by Crippen LogP contribution is -2.28. The molecule has 0 atom stereocenters. The van der Waals surface area contributed by atoms with Gasteiger partial charge in [-0.2, -0.15) is 0 Å². The second-order valence-corrected chi connectivity index (χ2v) is 11.1. The van der Waals surface area contributed by atoms with Crippen molar-refractivity contribution in [3.8, 4) is 16.9 Å². The molecule has 0 aliphatic heterocycles. The Morgan fingerprint density at radius 1 is 0.745 bits per heavy atom. The molecule has 47 heavy (non-hydrogen) atoms. The second-order valence-electron chi connectivity index (χ2n) is 11.1. The fourth-order valence-corrected chi connectivity index (χ4v) is 5.13. The average molecular weight is 628 g/mol. The van der Waals surface area contributed by atoms with Crippen LogP contribution in [0.3, 0.4) is 0 Å². The van der Waals surface area contributed by atoms with Crippen molar-refractivity contribution < 1.29 is 19.1 Å². The summed E-state index contributed by atoms with van der Waals surface area (Å²) in [5.41, 5.74) is 6.50. The highest BCUT2D eigenvalue weighted by Gasteiger charge is 2.17. The van der Waals surface area contributed by atoms with Gasteiger partial charge in [0.15, 0.2) is 0 Å². The molecule has 4 aromatic carbocycles. The normalized spacial score (nSPS) is 10.5. The molecule has 0 spiro atoms. The molecule has 0 radical (unpaired) electrons. The minimum Gasteiger partial charge on any atom is -0.496 e. The molecule has 0 aliphatic carbocycles. The van der Waals surface area contributed by atoms with E-state index < -0.39 is 0 Å². The zero-order valence-electron chi connectivity index (χ0n) is 26.6. The van der Waals surface area contributed by atoms with Crippen LogP contribution in [0.15, 0.2) is 116 Å². The monoisotopic (exact) mass is 627 g/mol. The van der Waals surface area contributed by atoms with Gasteiger partial charge in [-0.1, -0.05) is 42.0 Å². The zero-order chi connectivity index (χ0) is 33.2. The maximum atomic E-state index is 13.5. The van der Waals surface area contributed by atoms with Gasteiger partial charge in [-0.25, -0.2) is 0 Å². The molecule has 5 rings (SSSR count). The van der Waals surface area contributed by atoms with Gasteiger partial charge in [0.05, 0.1) is 12.7 Å². The van der Waals surface area contributed by atoms with Crippen LogP contribution in [0.2, 0.25) is 0 Å². The predicted octanol–water partition coefficient (Wildman–Crippen LogP) is 6.43. The first-order chi connectivity index (χ1) is 22.8. The maximum Gasteiger partial charge on any atom is 0.259 e. The number of carbonyl (C=O) groups excluding carboxylic acids is 3. The maximum absolute atomic E-state index is 13.5. The summed E-state index contributed by atoms with van der Waals surface area (Å²) in [5, 5.41) is 9.15. The van der Waals surface area contributed by atoms with Crippen molar-refractivity contribution in [3.05, 3.63) is 143 Å². The van der Waals surface area contributed by atoms with Crippen LogP contribution < -0.4 is 20.7 Å². The van der Waals surface area contributed by atoms with E-state index in [1.54, 1.807) is 54.7 Å². The highest BCUT2D eigenvalue weighted by molar-refractivity contribution is 6.07. The molecular weight excluding hydrogens is 590 g/mol. The van der Waals surface area contributed by atoms with Gasteiger partial charge in [-0.15, -0.1) is 0 Å². The third-order valence-electron chi connectivity index (χ3n) is 7.54. The van der Waals surface area contributed by atoms with Crippen molar-refractivity contribution in [2.24, 2.45) is 0 Å². The Kier molecular flexibility index (Phi) is 10.6. The Hall–Kier alpha value is -5.96. The number of hydrogen-bond acceptors (Lipinski definition) is 6. The quantitative estimate of drug-likeness (QED) is 0.137. The molecule has 0 saturated carbocycles. The van der Waals surface area contributed by atoms with Crippen LogP contribution in [0.25, 0.3) is 11.1 Å². The highest BCUT2D eigenvalue weighted by atomic mass is 16.5. The summed E-state index contributed by atoms with van der Waals surface area (Å²) >= 11 is 0. The lowest BCUT2D eigenvalue weighted by Gasteiger charge is -2.18. The first-order valence-corrected chi connectivity index (χ1v) is 15.2. The van der Waals surface area contributed by atoms with E-state index in [0.717, 1.165) is 27.9 Å². The van der Waals surface area contributed by atoms with E-state index in [4.69, 9.17) is 4.74 Å². The minimum atomic E-state index is -0.337. The molecule has 9 nitrogen and oxygen atoms in total. The fraction of sp³-hybridized carbons (Fsp3) is 0.158. The second kappa shape index (κ2) is 15.4. The molecule has 0 bridgehead atoms. The number of rotatable bonds is 12. The number of anilines is 2. The first-order valence-electron chi connectivity index (χ1n) is 15.2. The number of amides is 3. The largest absolute Gasteiger partial charge is 0.496 e. The SMILES string of the molecule is COc1ccc(-c2cccc(C(=O)N(C)Cc3ccncc3)c2)cc1C(=O)Nc1cccc(NCCNC(=O)c2cccc(C)c2)c1. The molecule has 0 saturated heterocycles. The zero-order valence-corrected chi connectivity index (χ0v) is 26.6. The number of aryl methyl sites for hydroxylation is 1. The molecule has 1 aromatic heterocycles. The van der Waals surface area contributed by atoms with Gasteiger partial charge in [0, 0.05) is 61.6 Å². The van der Waals surface area contributed by atoms with Crippen LogP contribution in [-0.4, -0.2) is 54.9 Å². The van der Waals surface area contributed by atoms with E-state index in [0.29, 0.717) is 47.8 Å². The van der Waals surface area contributed by atoms with Crippen LogP contribution in [0.4, 0.5) is 11.4 Å². The van der Waals surface area contributed by atoms with Crippen LogP contribution in [0.1, 0.15) is 42.2 Å². The Bertz CT molecular complexity index is 1880. The van der Waals surface area contributed by atoms with E-state index in [1.807, 2.05) is 79.7 Å². The summed E-state index contributed by atoms with van der Waals surface area (Å²) in [5.74, 6) is -0.151. The number of hydrogen-bond donors (Lipinski definition) is 3. The number of nitrogens with one attached hydrogen (secondary N) is 3. The molecule has 0 aliphatic rings. The van der Waals surface area contributed by atoms with Crippen molar-refractivity contribution in [3.63, 3.8) is 0 Å². The first kappa shape index (κ1) is 32.4. The van der Waals surface area contributed by atoms with Crippen molar-refractivity contribution >= 4 is 29.1 Å². The van der Waals surface area contributed by atoms with Crippen molar-refractivity contribution in [1.29, 1.82) is 0 Å². The van der Waals surface area contributed by atoms with Gasteiger partial charge in [0.25, 0.3) is 17.7 Å². The van der Waals surface area contributed by atoms with Gasteiger partial charge in [-0.3, -0.25) is 19.4 Å². The van der Waals surface area contributed by atoms with Gasteiger partial charge in [-0.05, 0) is 90.3 Å². The number of nitrogens with zero attached hydrogens (tertiary/aromatic N) is 2. The Balaban J connectivity index is 1.23. The van der Waals surface area contributed by atoms with E-state index in [9.17, 15) is 14.4 Å². The van der Waals surface area contributed by atoms with Crippen LogP contribution in [0.5, 0.6) is 5.75 Å². The summed E-state index contributed by atoms with van der Waals surface area (Å²) in [6, 6.07) is 31.3. The topological polar surface area (TPSA) is 113 Å². The fourth-order valence-electron chi connectivity index (χ4n) is 5.13. The average Bonchev–Trinajstić information content (AvgIpc) is 3.10. The Labute approximate surface area is 274 Å². The van der Waals surface area contributed by atoms with E-state index in [2.05, 4.69) is 20.9 Å². The van der Waals surface area contributed by atoms with E-state index in [1.165, 1.54) is 7.11 Å². The van der Waals surface area contributed by atoms with Gasteiger partial charge < -0.3 is 25.6 Å². The molecule has 3 amide bonds. The number of pyridine rings is 1. The van der Waals surface area contributed by atoms with Gasteiger partial charge in [0.2, 0.25) is 0 Å². The third-order valence-corrected chi connectivity index (χ3v) is 7.54. The molecule has 1 heterocycles. The number of ether oxygens (including phenoxy) is 1. The standard InChI is InChI=1S/C38H37N5O4/c1-26-7-4-9-30(21-26)36(44)41-20-19-40-32-11-6-12-33(24-32)42-37(45)34-23-29(13-14-35(34)47-3)28-8-5-10-31(22-28)38(46)43(2)25-27-15-17-39-18-16-27/h4-18,21-24,40H,19-20,25H2,1-3H3,(H,41,44)(H,42,45). The molecule has 5 aromatic rings. The predicted molar refractivity (Wildman–Crippen MR) is 185 cm³/mol. The minimum absolute atomic E-state index is 0.114. The molecule has 0 fully saturated rings. The molecule has 238 valence electrons. The number of benzene rings is 4. The van der Waals surface area contributed by atoms with Gasteiger partial charge in [0.1, 0.15) is 5.75 Å². The van der Waals surface area contributed by atoms with Crippen molar-refractivity contribution in [2.75, 3.05) is 37.9 Å². The summed E-state index contributed by atoms with van der Waals surface area (Å²) in [4.78, 5) is 44.8. The van der Waals surface area contributed by atoms with Crippen LogP contribution >= 0.6 is 0 Å². The summed E-state index contributed by atoms with van der Waals surface area (Å²) in [7, 11) is 3.28. The molecular formula is C38H37N5O4.